The van der Waals surface area contributed by atoms with Gasteiger partial charge in [-0.25, -0.2) is 4.98 Å². The number of nitrogens with zero attached hydrogens (tertiary/aromatic N) is 5. The molecule has 1 aliphatic heterocycles. The molecule has 0 unspecified atom stereocenters. The van der Waals surface area contributed by atoms with Crippen LogP contribution in [0.15, 0.2) is 90.0 Å². The van der Waals surface area contributed by atoms with Crippen LogP contribution in [0.2, 0.25) is 0 Å². The standard InChI is InChI=1S/C31H26N6O2S/c1-21-12-13-23(34-29(38)22-8-4-2-5-9-22)18-26(21)37-20-33-27-25(19-32)31(40-28(27)30(37)39)36-16-14-35(15-17-36)24-10-6-3-7-11-24/h2-13,18,20H,14-17H2,1H3,(H,34,38). The summed E-state index contributed by atoms with van der Waals surface area (Å²) in [6.07, 6.45) is 1.47. The van der Waals surface area contributed by atoms with E-state index >= 15 is 0 Å². The zero-order chi connectivity index (χ0) is 27.6. The van der Waals surface area contributed by atoms with Crippen molar-refractivity contribution >= 4 is 43.8 Å². The molecule has 1 saturated heterocycles. The highest BCUT2D eigenvalue weighted by Crippen LogP contribution is 2.36. The molecule has 3 aromatic carbocycles. The summed E-state index contributed by atoms with van der Waals surface area (Å²) in [4.78, 5) is 35.5. The van der Waals surface area contributed by atoms with Crippen LogP contribution in [-0.4, -0.2) is 41.6 Å². The molecular weight excluding hydrogens is 520 g/mol. The van der Waals surface area contributed by atoms with Gasteiger partial charge in [0, 0.05) is 43.1 Å². The summed E-state index contributed by atoms with van der Waals surface area (Å²) in [7, 11) is 0. The van der Waals surface area contributed by atoms with E-state index in [0.29, 0.717) is 32.7 Å². The van der Waals surface area contributed by atoms with E-state index in [1.54, 1.807) is 18.2 Å². The van der Waals surface area contributed by atoms with E-state index in [1.807, 2.05) is 55.5 Å². The highest BCUT2D eigenvalue weighted by Gasteiger charge is 2.25. The summed E-state index contributed by atoms with van der Waals surface area (Å²) < 4.78 is 1.93. The predicted octanol–water partition coefficient (Wildman–Crippen LogP) is 5.21. The van der Waals surface area contributed by atoms with Crippen molar-refractivity contribution in [2.24, 2.45) is 0 Å². The third-order valence-corrected chi connectivity index (χ3v) is 8.37. The van der Waals surface area contributed by atoms with E-state index in [0.717, 1.165) is 36.7 Å². The zero-order valence-electron chi connectivity index (χ0n) is 21.9. The smallest absolute Gasteiger partial charge is 0.275 e. The van der Waals surface area contributed by atoms with Crippen molar-refractivity contribution in [3.05, 3.63) is 112 Å². The number of fused-ring (bicyclic) bond motifs is 1. The second kappa shape index (κ2) is 10.7. The van der Waals surface area contributed by atoms with Gasteiger partial charge in [0.05, 0.1) is 5.69 Å². The van der Waals surface area contributed by atoms with Crippen LogP contribution >= 0.6 is 11.3 Å². The van der Waals surface area contributed by atoms with Gasteiger partial charge in [-0.15, -0.1) is 11.3 Å². The molecule has 0 spiro atoms. The van der Waals surface area contributed by atoms with E-state index in [9.17, 15) is 14.9 Å². The van der Waals surface area contributed by atoms with Gasteiger partial charge in [-0.1, -0.05) is 42.5 Å². The first-order valence-corrected chi connectivity index (χ1v) is 13.8. The Kier molecular flexibility index (Phi) is 6.76. The summed E-state index contributed by atoms with van der Waals surface area (Å²) in [5, 5.41) is 13.7. The number of hydrogen-bond acceptors (Lipinski definition) is 7. The van der Waals surface area contributed by atoms with E-state index < -0.39 is 0 Å². The summed E-state index contributed by atoms with van der Waals surface area (Å²) in [5.74, 6) is -0.231. The normalized spacial score (nSPS) is 13.3. The van der Waals surface area contributed by atoms with Gasteiger partial charge in [-0.2, -0.15) is 5.26 Å². The molecule has 6 rings (SSSR count). The third-order valence-electron chi connectivity index (χ3n) is 7.14. The molecule has 3 heterocycles. The Morgan fingerprint density at radius 1 is 0.950 bits per heavy atom. The predicted molar refractivity (Wildman–Crippen MR) is 160 cm³/mol. The lowest BCUT2D eigenvalue weighted by Crippen LogP contribution is -2.46. The molecule has 0 radical (unpaired) electrons. The second-order valence-electron chi connectivity index (χ2n) is 9.62. The van der Waals surface area contributed by atoms with Gasteiger partial charge < -0.3 is 15.1 Å². The number of carbonyl (C=O) groups excluding carboxylic acids is 1. The minimum Gasteiger partial charge on any atom is -0.368 e. The van der Waals surface area contributed by atoms with Crippen molar-refractivity contribution in [1.29, 1.82) is 5.26 Å². The van der Waals surface area contributed by atoms with Crippen molar-refractivity contribution in [3.63, 3.8) is 0 Å². The maximum Gasteiger partial charge on any atom is 0.275 e. The van der Waals surface area contributed by atoms with E-state index in [4.69, 9.17) is 0 Å². The number of benzene rings is 3. The Balaban J connectivity index is 1.31. The van der Waals surface area contributed by atoms with Crippen molar-refractivity contribution in [3.8, 4) is 11.8 Å². The van der Waals surface area contributed by atoms with Crippen LogP contribution in [0.4, 0.5) is 16.4 Å². The van der Waals surface area contributed by atoms with Gasteiger partial charge >= 0.3 is 0 Å². The van der Waals surface area contributed by atoms with Gasteiger partial charge in [0.15, 0.2) is 0 Å². The number of rotatable bonds is 5. The number of carbonyl (C=O) groups is 1. The van der Waals surface area contributed by atoms with Gasteiger partial charge in [0.2, 0.25) is 0 Å². The van der Waals surface area contributed by atoms with E-state index in [-0.39, 0.29) is 11.5 Å². The minimum absolute atomic E-state index is 0.231. The van der Waals surface area contributed by atoms with Crippen LogP contribution in [0.25, 0.3) is 15.9 Å². The molecule has 0 aliphatic carbocycles. The van der Waals surface area contributed by atoms with E-state index in [1.165, 1.54) is 27.9 Å². The third kappa shape index (κ3) is 4.70. The number of hydrogen-bond donors (Lipinski definition) is 1. The lowest BCUT2D eigenvalue weighted by molar-refractivity contribution is 0.102. The molecule has 0 atom stereocenters. The Morgan fingerprint density at radius 2 is 1.62 bits per heavy atom. The maximum absolute atomic E-state index is 13.7. The van der Waals surface area contributed by atoms with Crippen molar-refractivity contribution in [1.82, 2.24) is 9.55 Å². The highest BCUT2D eigenvalue weighted by atomic mass is 32.1. The number of aromatic nitrogens is 2. The molecule has 8 nitrogen and oxygen atoms in total. The van der Waals surface area contributed by atoms with E-state index in [2.05, 4.69) is 38.3 Å². The molecule has 2 aromatic heterocycles. The van der Waals surface area contributed by atoms with Crippen LogP contribution in [0.5, 0.6) is 0 Å². The first-order chi connectivity index (χ1) is 19.5. The molecule has 0 bridgehead atoms. The molecule has 0 saturated carbocycles. The number of nitriles is 1. The fourth-order valence-corrected chi connectivity index (χ4v) is 6.18. The molecule has 198 valence electrons. The number of anilines is 3. The highest BCUT2D eigenvalue weighted by molar-refractivity contribution is 7.23. The second-order valence-corrected chi connectivity index (χ2v) is 10.6. The summed E-state index contributed by atoms with van der Waals surface area (Å²) >= 11 is 1.32. The summed E-state index contributed by atoms with van der Waals surface area (Å²) in [6.45, 7) is 5.03. The van der Waals surface area contributed by atoms with Crippen LogP contribution in [0.3, 0.4) is 0 Å². The fraction of sp³-hybridized carbons (Fsp3) is 0.161. The largest absolute Gasteiger partial charge is 0.368 e. The van der Waals surface area contributed by atoms with Crippen LogP contribution in [-0.2, 0) is 0 Å². The molecule has 5 aromatic rings. The molecular formula is C31H26N6O2S. The Morgan fingerprint density at radius 3 is 2.33 bits per heavy atom. The minimum atomic E-state index is -0.240. The average Bonchev–Trinajstić information content (AvgIpc) is 3.39. The number of para-hydroxylation sites is 1. The van der Waals surface area contributed by atoms with Gasteiger partial charge in [0.1, 0.15) is 33.2 Å². The molecule has 9 heteroatoms. The first-order valence-electron chi connectivity index (χ1n) is 13.0. The molecule has 1 aliphatic rings. The Bertz CT molecular complexity index is 1800. The Hall–Kier alpha value is -4.94. The molecule has 1 amide bonds. The van der Waals surface area contributed by atoms with Gasteiger partial charge in [-0.05, 0) is 48.9 Å². The van der Waals surface area contributed by atoms with Gasteiger partial charge in [-0.3, -0.25) is 14.2 Å². The van der Waals surface area contributed by atoms with Crippen LogP contribution in [0.1, 0.15) is 21.5 Å². The Labute approximate surface area is 235 Å². The quantitative estimate of drug-likeness (QED) is 0.325. The lowest BCUT2D eigenvalue weighted by Gasteiger charge is -2.36. The molecule has 40 heavy (non-hydrogen) atoms. The van der Waals surface area contributed by atoms with Gasteiger partial charge in [0.25, 0.3) is 11.5 Å². The monoisotopic (exact) mass is 546 g/mol. The molecule has 1 N–H and O–H groups in total. The maximum atomic E-state index is 13.7. The number of thiophene rings is 1. The lowest BCUT2D eigenvalue weighted by atomic mass is 10.1. The summed E-state index contributed by atoms with van der Waals surface area (Å²) in [5.41, 5.74) is 4.41. The van der Waals surface area contributed by atoms with Crippen molar-refractivity contribution < 1.29 is 4.79 Å². The fourth-order valence-electron chi connectivity index (χ4n) is 5.00. The van der Waals surface area contributed by atoms with Crippen LogP contribution < -0.4 is 20.7 Å². The topological polar surface area (TPSA) is 94.3 Å². The molecule has 1 fully saturated rings. The van der Waals surface area contributed by atoms with Crippen molar-refractivity contribution in [2.45, 2.75) is 6.92 Å². The van der Waals surface area contributed by atoms with Crippen molar-refractivity contribution in [2.75, 3.05) is 41.3 Å². The first kappa shape index (κ1) is 25.3. The zero-order valence-corrected chi connectivity index (χ0v) is 22.7. The number of nitrogens with one attached hydrogen (secondary N) is 1. The number of aryl methyl sites for hydroxylation is 1. The number of piperazine rings is 1. The number of amides is 1. The summed E-state index contributed by atoms with van der Waals surface area (Å²) in [6, 6.07) is 27.0. The average molecular weight is 547 g/mol. The SMILES string of the molecule is Cc1ccc(NC(=O)c2ccccc2)cc1-n1cnc2c(C#N)c(N3CCN(c4ccccc4)CC3)sc2c1=O. The van der Waals surface area contributed by atoms with Crippen LogP contribution in [0, 0.1) is 18.3 Å².